The number of hydrogen-bond acceptors (Lipinski definition) is 1. The molecule has 1 aromatic carbocycles. The van der Waals surface area contributed by atoms with Crippen molar-refractivity contribution in [3.63, 3.8) is 0 Å². The van der Waals surface area contributed by atoms with E-state index in [9.17, 15) is 9.18 Å². The molecule has 0 bridgehead atoms. The second kappa shape index (κ2) is 4.31. The van der Waals surface area contributed by atoms with Crippen molar-refractivity contribution in [3.8, 4) is 11.1 Å². The Morgan fingerprint density at radius 3 is 2.69 bits per heavy atom. The van der Waals surface area contributed by atoms with Crippen LogP contribution < -0.4 is 0 Å². The molecule has 0 saturated carbocycles. The quantitative estimate of drug-likeness (QED) is 0.787. The number of carbonyl (C=O) groups is 1. The van der Waals surface area contributed by atoms with Crippen molar-refractivity contribution < 1.29 is 9.18 Å². The minimum atomic E-state index is -0.313. The molecule has 2 nitrogen and oxygen atoms in total. The number of carbonyl (C=O) groups excluding carboxylic acids is 1. The number of halogens is 1. The molecule has 0 aliphatic rings. The summed E-state index contributed by atoms with van der Waals surface area (Å²) in [5.41, 5.74) is 2.45. The number of H-pyrrole nitrogens is 1. The lowest BCUT2D eigenvalue weighted by molar-refractivity contribution is 0.112. The summed E-state index contributed by atoms with van der Waals surface area (Å²) >= 11 is 0. The van der Waals surface area contributed by atoms with E-state index in [2.05, 4.69) is 4.98 Å². The monoisotopic (exact) mass is 217 g/mol. The smallest absolute Gasteiger partial charge is 0.166 e. The van der Waals surface area contributed by atoms with Gasteiger partial charge < -0.3 is 4.98 Å². The minimum Gasteiger partial charge on any atom is -0.356 e. The first-order valence-electron chi connectivity index (χ1n) is 5.18. The molecular formula is C13H12FNO. The van der Waals surface area contributed by atoms with E-state index < -0.39 is 0 Å². The van der Waals surface area contributed by atoms with Crippen molar-refractivity contribution >= 4 is 6.29 Å². The summed E-state index contributed by atoms with van der Waals surface area (Å²) in [6.45, 7) is 1.98. The van der Waals surface area contributed by atoms with E-state index in [1.54, 1.807) is 18.2 Å². The molecule has 1 aromatic heterocycles. The fraction of sp³-hybridized carbons (Fsp3) is 0.154. The van der Waals surface area contributed by atoms with Crippen LogP contribution >= 0.6 is 0 Å². The van der Waals surface area contributed by atoms with Crippen molar-refractivity contribution in [2.75, 3.05) is 0 Å². The molecule has 0 spiro atoms. The minimum absolute atomic E-state index is 0.313. The van der Waals surface area contributed by atoms with Gasteiger partial charge >= 0.3 is 0 Å². The number of aryl methyl sites for hydroxylation is 1. The van der Waals surface area contributed by atoms with Gasteiger partial charge in [0.25, 0.3) is 0 Å². The van der Waals surface area contributed by atoms with Gasteiger partial charge in [0.05, 0.1) is 5.69 Å². The molecule has 0 amide bonds. The van der Waals surface area contributed by atoms with Crippen LogP contribution in [0.2, 0.25) is 0 Å². The Balaban J connectivity index is 2.59. The molecule has 0 radical (unpaired) electrons. The van der Waals surface area contributed by atoms with Crippen LogP contribution in [0.15, 0.2) is 30.3 Å². The summed E-state index contributed by atoms with van der Waals surface area (Å²) in [4.78, 5) is 13.9. The number of aldehydes is 1. The largest absolute Gasteiger partial charge is 0.356 e. The van der Waals surface area contributed by atoms with Crippen LogP contribution in [0.25, 0.3) is 11.1 Å². The lowest BCUT2D eigenvalue weighted by Gasteiger charge is -2.00. The SMILES string of the molecule is CCc1cc(-c2ccccc2F)c(C=O)[nH]1. The maximum Gasteiger partial charge on any atom is 0.166 e. The summed E-state index contributed by atoms with van der Waals surface area (Å²) < 4.78 is 13.6. The van der Waals surface area contributed by atoms with Gasteiger partial charge in [-0.05, 0) is 18.6 Å². The van der Waals surface area contributed by atoms with Gasteiger partial charge in [-0.15, -0.1) is 0 Å². The molecular weight excluding hydrogens is 205 g/mol. The summed E-state index contributed by atoms with van der Waals surface area (Å²) in [6, 6.07) is 8.27. The third-order valence-electron chi connectivity index (χ3n) is 2.57. The maximum absolute atomic E-state index is 13.6. The highest BCUT2D eigenvalue weighted by Gasteiger charge is 2.11. The second-order valence-electron chi connectivity index (χ2n) is 3.57. The summed E-state index contributed by atoms with van der Waals surface area (Å²) in [7, 11) is 0. The van der Waals surface area contributed by atoms with Crippen molar-refractivity contribution in [2.24, 2.45) is 0 Å². The van der Waals surface area contributed by atoms with E-state index >= 15 is 0 Å². The van der Waals surface area contributed by atoms with Gasteiger partial charge in [-0.25, -0.2) is 4.39 Å². The van der Waals surface area contributed by atoms with E-state index in [1.165, 1.54) is 6.07 Å². The summed E-state index contributed by atoms with van der Waals surface area (Å²) in [5, 5.41) is 0. The first-order valence-corrected chi connectivity index (χ1v) is 5.18. The Labute approximate surface area is 93.1 Å². The van der Waals surface area contributed by atoms with Crippen molar-refractivity contribution in [1.82, 2.24) is 4.98 Å². The molecule has 3 heteroatoms. The predicted octanol–water partition coefficient (Wildman–Crippen LogP) is 3.20. The molecule has 0 aliphatic carbocycles. The number of benzene rings is 1. The number of nitrogens with one attached hydrogen (secondary N) is 1. The topological polar surface area (TPSA) is 32.9 Å². The van der Waals surface area contributed by atoms with Gasteiger partial charge in [0.15, 0.2) is 6.29 Å². The molecule has 0 aliphatic heterocycles. The van der Waals surface area contributed by atoms with Crippen LogP contribution in [-0.2, 0) is 6.42 Å². The van der Waals surface area contributed by atoms with E-state index in [-0.39, 0.29) is 5.82 Å². The molecule has 1 heterocycles. The van der Waals surface area contributed by atoms with Crippen LogP contribution in [0, 0.1) is 5.82 Å². The highest BCUT2D eigenvalue weighted by atomic mass is 19.1. The summed E-state index contributed by atoms with van der Waals surface area (Å²) in [6.07, 6.45) is 1.51. The molecule has 0 fully saturated rings. The average molecular weight is 217 g/mol. The molecule has 2 aromatic rings. The van der Waals surface area contributed by atoms with Crippen LogP contribution in [0.5, 0.6) is 0 Å². The third-order valence-corrected chi connectivity index (χ3v) is 2.57. The number of rotatable bonds is 3. The fourth-order valence-corrected chi connectivity index (χ4v) is 1.71. The number of aromatic nitrogens is 1. The molecule has 0 atom stereocenters. The number of hydrogen-bond donors (Lipinski definition) is 1. The molecule has 2 rings (SSSR count). The molecule has 1 N–H and O–H groups in total. The van der Waals surface area contributed by atoms with Crippen molar-refractivity contribution in [3.05, 3.63) is 47.5 Å². The normalized spacial score (nSPS) is 10.4. The van der Waals surface area contributed by atoms with Crippen LogP contribution in [0.4, 0.5) is 4.39 Å². The van der Waals surface area contributed by atoms with E-state index in [4.69, 9.17) is 0 Å². The molecule has 16 heavy (non-hydrogen) atoms. The average Bonchev–Trinajstić information content (AvgIpc) is 2.72. The highest BCUT2D eigenvalue weighted by Crippen LogP contribution is 2.26. The fourth-order valence-electron chi connectivity index (χ4n) is 1.71. The summed E-state index contributed by atoms with van der Waals surface area (Å²) in [5.74, 6) is -0.313. The lowest BCUT2D eigenvalue weighted by atomic mass is 10.1. The lowest BCUT2D eigenvalue weighted by Crippen LogP contribution is -1.87. The predicted molar refractivity (Wildman–Crippen MR) is 61.0 cm³/mol. The molecule has 0 unspecified atom stereocenters. The first-order chi connectivity index (χ1) is 7.76. The Hall–Kier alpha value is -1.90. The Bertz CT molecular complexity index is 516. The van der Waals surface area contributed by atoms with Gasteiger partial charge in [-0.3, -0.25) is 4.79 Å². The van der Waals surface area contributed by atoms with E-state index in [1.807, 2.05) is 13.0 Å². The number of aromatic amines is 1. The Morgan fingerprint density at radius 2 is 2.06 bits per heavy atom. The zero-order chi connectivity index (χ0) is 11.5. The third kappa shape index (κ3) is 1.76. The maximum atomic E-state index is 13.6. The Kier molecular flexibility index (Phi) is 2.86. The van der Waals surface area contributed by atoms with E-state index in [0.717, 1.165) is 18.4 Å². The van der Waals surface area contributed by atoms with Crippen LogP contribution in [0.1, 0.15) is 23.1 Å². The highest BCUT2D eigenvalue weighted by molar-refractivity contribution is 5.86. The molecule has 0 saturated heterocycles. The van der Waals surface area contributed by atoms with Gasteiger partial charge in [0.1, 0.15) is 5.82 Å². The van der Waals surface area contributed by atoms with E-state index in [0.29, 0.717) is 16.8 Å². The zero-order valence-corrected chi connectivity index (χ0v) is 8.96. The Morgan fingerprint density at radius 1 is 1.31 bits per heavy atom. The van der Waals surface area contributed by atoms with Gasteiger partial charge in [-0.2, -0.15) is 0 Å². The van der Waals surface area contributed by atoms with Crippen LogP contribution in [0.3, 0.4) is 0 Å². The first kappa shape index (κ1) is 10.6. The van der Waals surface area contributed by atoms with Crippen molar-refractivity contribution in [2.45, 2.75) is 13.3 Å². The van der Waals surface area contributed by atoms with Crippen molar-refractivity contribution in [1.29, 1.82) is 0 Å². The second-order valence-corrected chi connectivity index (χ2v) is 3.57. The van der Waals surface area contributed by atoms with Gasteiger partial charge in [0, 0.05) is 16.8 Å². The zero-order valence-electron chi connectivity index (χ0n) is 8.96. The molecule has 82 valence electrons. The van der Waals surface area contributed by atoms with Gasteiger partial charge in [-0.1, -0.05) is 25.1 Å². The van der Waals surface area contributed by atoms with Gasteiger partial charge in [0.2, 0.25) is 0 Å². The standard InChI is InChI=1S/C13H12FNO/c1-2-9-7-11(13(8-16)15-9)10-5-3-4-6-12(10)14/h3-8,15H,2H2,1H3. The van der Waals surface area contributed by atoms with Crippen LogP contribution in [-0.4, -0.2) is 11.3 Å².